The third-order valence-electron chi connectivity index (χ3n) is 5.66. The van der Waals surface area contributed by atoms with Gasteiger partial charge in [-0.15, -0.1) is 0 Å². The highest BCUT2D eigenvalue weighted by molar-refractivity contribution is 6.36. The average molecular weight is 435 g/mol. The number of allylic oxidation sites excluding steroid dienone is 4. The number of hydrogen-bond acceptors (Lipinski definition) is 5. The summed E-state index contributed by atoms with van der Waals surface area (Å²) in [5.74, 6) is -1.27. The first-order valence-electron chi connectivity index (χ1n) is 9.99. The molecule has 0 aliphatic carbocycles. The molecule has 0 radical (unpaired) electrons. The standard InChI is InChI=1S/C24H20BF2NO4/c1-24(2)16-10-5-6-11-17(16)28(3)20(24)14-8-12-18(29)21-22(32-25(26)27)15-9-4-7-13-19(15)31-23(21)30/h4-14H,1-3H3/b12-8+,20-14-. The number of ketones is 1. The van der Waals surface area contributed by atoms with Gasteiger partial charge in [0.25, 0.3) is 0 Å². The zero-order chi connectivity index (χ0) is 23.0. The minimum absolute atomic E-state index is 0.0582. The SMILES string of the molecule is CN1/C(=C\C=C\C(=O)c2c(OB(F)F)c3ccccc3oc2=O)C(C)(C)c2ccccc21. The maximum absolute atomic E-state index is 13.0. The molecule has 4 rings (SSSR count). The van der Waals surface area contributed by atoms with Crippen molar-refractivity contribution >= 4 is 29.9 Å². The van der Waals surface area contributed by atoms with Gasteiger partial charge in [0.05, 0.1) is 5.39 Å². The highest BCUT2D eigenvalue weighted by Crippen LogP contribution is 2.46. The number of hydrogen-bond donors (Lipinski definition) is 0. The van der Waals surface area contributed by atoms with Gasteiger partial charge in [0.15, 0.2) is 5.78 Å². The lowest BCUT2D eigenvalue weighted by molar-refractivity contribution is 0.104. The summed E-state index contributed by atoms with van der Waals surface area (Å²) in [5.41, 5.74) is 1.31. The van der Waals surface area contributed by atoms with Crippen molar-refractivity contribution in [2.75, 3.05) is 11.9 Å². The number of likely N-dealkylation sites (N-methyl/N-ethyl adjacent to an activating group) is 1. The predicted molar refractivity (Wildman–Crippen MR) is 121 cm³/mol. The highest BCUT2D eigenvalue weighted by Gasteiger charge is 2.37. The maximum atomic E-state index is 13.0. The molecule has 0 spiro atoms. The third-order valence-corrected chi connectivity index (χ3v) is 5.66. The molecule has 5 nitrogen and oxygen atoms in total. The first-order chi connectivity index (χ1) is 15.2. The van der Waals surface area contributed by atoms with Crippen LogP contribution in [-0.4, -0.2) is 20.3 Å². The molecule has 0 fully saturated rings. The summed E-state index contributed by atoms with van der Waals surface area (Å²) in [6.07, 6.45) is 4.43. The zero-order valence-electron chi connectivity index (χ0n) is 17.8. The van der Waals surface area contributed by atoms with Crippen molar-refractivity contribution in [2.24, 2.45) is 0 Å². The molecule has 3 aromatic rings. The van der Waals surface area contributed by atoms with E-state index in [1.807, 2.05) is 30.1 Å². The van der Waals surface area contributed by atoms with E-state index in [0.717, 1.165) is 23.0 Å². The molecular weight excluding hydrogens is 415 g/mol. The van der Waals surface area contributed by atoms with E-state index >= 15 is 0 Å². The molecule has 0 amide bonds. The van der Waals surface area contributed by atoms with E-state index in [2.05, 4.69) is 24.6 Å². The second-order valence-electron chi connectivity index (χ2n) is 7.94. The van der Waals surface area contributed by atoms with Crippen LogP contribution in [0.4, 0.5) is 14.3 Å². The van der Waals surface area contributed by atoms with E-state index < -0.39 is 30.2 Å². The monoisotopic (exact) mass is 435 g/mol. The minimum atomic E-state index is -3.20. The van der Waals surface area contributed by atoms with Gasteiger partial charge in [-0.3, -0.25) is 4.79 Å². The average Bonchev–Trinajstić information content (AvgIpc) is 2.94. The van der Waals surface area contributed by atoms with E-state index in [1.165, 1.54) is 18.2 Å². The topological polar surface area (TPSA) is 59.8 Å². The van der Waals surface area contributed by atoms with Gasteiger partial charge in [0.1, 0.15) is 16.9 Å². The summed E-state index contributed by atoms with van der Waals surface area (Å²) >= 11 is 0. The molecule has 0 bridgehead atoms. The van der Waals surface area contributed by atoms with Gasteiger partial charge in [-0.25, -0.2) is 13.4 Å². The molecule has 0 saturated carbocycles. The van der Waals surface area contributed by atoms with E-state index in [-0.39, 0.29) is 16.4 Å². The first-order valence-corrected chi connectivity index (χ1v) is 9.99. The van der Waals surface area contributed by atoms with Crippen LogP contribution < -0.4 is 15.2 Å². The molecule has 2 heterocycles. The van der Waals surface area contributed by atoms with Crippen molar-refractivity contribution in [2.45, 2.75) is 19.3 Å². The molecule has 0 N–H and O–H groups in total. The molecule has 0 atom stereocenters. The van der Waals surface area contributed by atoms with Gasteiger partial charge in [0.2, 0.25) is 0 Å². The number of fused-ring (bicyclic) bond motifs is 2. The van der Waals surface area contributed by atoms with Crippen LogP contribution in [0, 0.1) is 0 Å². The summed E-state index contributed by atoms with van der Waals surface area (Å²) in [6.45, 7) is 4.15. The first kappa shape index (κ1) is 21.6. The summed E-state index contributed by atoms with van der Waals surface area (Å²) in [5, 5.41) is 0.120. The minimum Gasteiger partial charge on any atom is -0.504 e. The van der Waals surface area contributed by atoms with Crippen molar-refractivity contribution in [1.82, 2.24) is 0 Å². The highest BCUT2D eigenvalue weighted by atomic mass is 19.2. The molecule has 0 saturated heterocycles. The van der Waals surface area contributed by atoms with Gasteiger partial charge in [-0.05, 0) is 35.9 Å². The van der Waals surface area contributed by atoms with E-state index in [1.54, 1.807) is 18.2 Å². The van der Waals surface area contributed by atoms with Crippen LogP contribution in [-0.2, 0) is 5.41 Å². The number of anilines is 1. The lowest BCUT2D eigenvalue weighted by Crippen LogP contribution is -2.22. The van der Waals surface area contributed by atoms with Crippen molar-refractivity contribution in [3.8, 4) is 5.75 Å². The van der Waals surface area contributed by atoms with Crippen molar-refractivity contribution in [3.63, 3.8) is 0 Å². The number of halogens is 2. The summed E-state index contributed by atoms with van der Waals surface area (Å²) in [4.78, 5) is 27.3. The Bertz CT molecular complexity index is 1330. The lowest BCUT2D eigenvalue weighted by atomic mass is 9.84. The Hall–Kier alpha value is -3.68. The van der Waals surface area contributed by atoms with Crippen LogP contribution in [0.2, 0.25) is 0 Å². The van der Waals surface area contributed by atoms with Crippen LogP contribution in [0.25, 0.3) is 11.0 Å². The van der Waals surface area contributed by atoms with Gasteiger partial charge >= 0.3 is 13.1 Å². The Labute approximate surface area is 183 Å². The van der Waals surface area contributed by atoms with E-state index in [0.29, 0.717) is 0 Å². The van der Waals surface area contributed by atoms with Crippen molar-refractivity contribution in [1.29, 1.82) is 0 Å². The van der Waals surface area contributed by atoms with Crippen LogP contribution in [0.15, 0.2) is 81.7 Å². The van der Waals surface area contributed by atoms with Crippen LogP contribution in [0.3, 0.4) is 0 Å². The van der Waals surface area contributed by atoms with Crippen LogP contribution in [0.1, 0.15) is 29.8 Å². The second kappa shape index (κ2) is 8.11. The van der Waals surface area contributed by atoms with Gasteiger partial charge in [-0.2, -0.15) is 0 Å². The molecule has 32 heavy (non-hydrogen) atoms. The number of rotatable bonds is 5. The number of carbonyl (C=O) groups is 1. The fourth-order valence-electron chi connectivity index (χ4n) is 4.16. The lowest BCUT2D eigenvalue weighted by Gasteiger charge is -2.23. The van der Waals surface area contributed by atoms with Crippen LogP contribution in [0.5, 0.6) is 5.75 Å². The molecule has 1 aliphatic heterocycles. The van der Waals surface area contributed by atoms with E-state index in [4.69, 9.17) is 4.42 Å². The molecule has 2 aromatic carbocycles. The maximum Gasteiger partial charge on any atom is 0.796 e. The molecule has 1 aliphatic rings. The molecule has 1 aromatic heterocycles. The van der Waals surface area contributed by atoms with Gasteiger partial charge in [-0.1, -0.05) is 50.3 Å². The number of carbonyl (C=O) groups excluding carboxylic acids is 1. The number of benzene rings is 2. The Kier molecular flexibility index (Phi) is 5.46. The Morgan fingerprint density at radius 2 is 1.81 bits per heavy atom. The fourth-order valence-corrected chi connectivity index (χ4v) is 4.16. The van der Waals surface area contributed by atoms with Crippen LogP contribution >= 0.6 is 0 Å². The Morgan fingerprint density at radius 3 is 2.53 bits per heavy atom. The number of nitrogens with zero attached hydrogens (tertiary/aromatic N) is 1. The van der Waals surface area contributed by atoms with Gasteiger partial charge < -0.3 is 14.0 Å². The van der Waals surface area contributed by atoms with Crippen molar-refractivity contribution < 1.29 is 22.5 Å². The quantitative estimate of drug-likeness (QED) is 0.240. The third kappa shape index (κ3) is 3.62. The predicted octanol–water partition coefficient (Wildman–Crippen LogP) is 5.15. The summed E-state index contributed by atoms with van der Waals surface area (Å²) in [6, 6.07) is 14.0. The molecular formula is C24H20BF2NO4. The summed E-state index contributed by atoms with van der Waals surface area (Å²) < 4.78 is 35.8. The molecule has 0 unspecified atom stereocenters. The fraction of sp³-hybridized carbons (Fsp3) is 0.167. The van der Waals surface area contributed by atoms with Crippen molar-refractivity contribution in [3.05, 3.63) is 94.0 Å². The Balaban J connectivity index is 1.72. The zero-order valence-corrected chi connectivity index (χ0v) is 17.8. The largest absolute Gasteiger partial charge is 0.796 e. The number of para-hydroxylation sites is 2. The summed E-state index contributed by atoms with van der Waals surface area (Å²) in [7, 11) is -1.27. The van der Waals surface area contributed by atoms with Gasteiger partial charge in [0, 0.05) is 23.8 Å². The Morgan fingerprint density at radius 1 is 1.12 bits per heavy atom. The normalized spacial score (nSPS) is 16.0. The smallest absolute Gasteiger partial charge is 0.504 e. The second-order valence-corrected chi connectivity index (χ2v) is 7.94. The molecule has 8 heteroatoms. The van der Waals surface area contributed by atoms with E-state index in [9.17, 15) is 18.2 Å². The molecule has 162 valence electrons.